The second-order valence-electron chi connectivity index (χ2n) is 4.57. The maximum atomic E-state index is 13.9. The maximum Gasteiger partial charge on any atom is 0.142 e. The Balaban J connectivity index is 2.04. The Hall–Kier alpha value is -1.99. The van der Waals surface area contributed by atoms with Crippen LogP contribution in [-0.2, 0) is 13.7 Å². The van der Waals surface area contributed by atoms with E-state index in [0.29, 0.717) is 30.2 Å². The minimum atomic E-state index is -0.393. The van der Waals surface area contributed by atoms with Crippen LogP contribution in [0.25, 0.3) is 0 Å². The molecule has 3 nitrogen and oxygen atoms in total. The van der Waals surface area contributed by atoms with E-state index in [9.17, 15) is 4.39 Å². The third kappa shape index (κ3) is 4.24. The van der Waals surface area contributed by atoms with E-state index in [1.807, 2.05) is 20.0 Å². The molecule has 0 aliphatic rings. The number of ether oxygens (including phenoxy) is 1. The normalized spacial score (nSPS) is 10.1. The first kappa shape index (κ1) is 15.4. The summed E-state index contributed by atoms with van der Waals surface area (Å²) in [5, 5.41) is 4.23. The molecule has 0 saturated carbocycles. The zero-order chi connectivity index (χ0) is 15.2. The zero-order valence-electron chi connectivity index (χ0n) is 12.0. The third-order valence-electron chi connectivity index (χ3n) is 2.87. The number of benzene rings is 1. The Morgan fingerprint density at radius 2 is 2.19 bits per heavy atom. The third-order valence-corrected chi connectivity index (χ3v) is 3.06. The number of rotatable bonds is 4. The van der Waals surface area contributed by atoms with Gasteiger partial charge < -0.3 is 4.74 Å². The first-order valence-corrected chi connectivity index (χ1v) is 7.10. The van der Waals surface area contributed by atoms with E-state index >= 15 is 0 Å². The molecule has 1 aromatic heterocycles. The van der Waals surface area contributed by atoms with Crippen LogP contribution in [0.3, 0.4) is 0 Å². The number of nitrogens with zero attached hydrogens (tertiary/aromatic N) is 2. The van der Waals surface area contributed by atoms with Crippen LogP contribution in [0.15, 0.2) is 24.3 Å². The van der Waals surface area contributed by atoms with Crippen molar-refractivity contribution in [2.24, 2.45) is 7.05 Å². The summed E-state index contributed by atoms with van der Waals surface area (Å²) in [6, 6.07) is 6.59. The molecule has 110 valence electrons. The van der Waals surface area contributed by atoms with Crippen molar-refractivity contribution in [1.29, 1.82) is 0 Å². The largest absolute Gasteiger partial charge is 0.487 e. The van der Waals surface area contributed by atoms with Gasteiger partial charge in [0, 0.05) is 25.4 Å². The number of alkyl halides is 1. The number of hydrogen-bond donors (Lipinski definition) is 0. The molecule has 5 heteroatoms. The van der Waals surface area contributed by atoms with E-state index in [0.717, 1.165) is 11.4 Å². The van der Waals surface area contributed by atoms with Gasteiger partial charge in [-0.25, -0.2) is 4.39 Å². The Kier molecular flexibility index (Phi) is 5.24. The molecule has 0 bridgehead atoms. The highest BCUT2D eigenvalue weighted by atomic mass is 35.5. The van der Waals surface area contributed by atoms with Gasteiger partial charge in [0.05, 0.1) is 17.0 Å². The average Bonchev–Trinajstić information content (AvgIpc) is 2.77. The number of aryl methyl sites for hydroxylation is 2. The number of hydrogen-bond acceptors (Lipinski definition) is 2. The maximum absolute atomic E-state index is 13.9. The van der Waals surface area contributed by atoms with Crippen molar-refractivity contribution < 1.29 is 9.13 Å². The summed E-state index contributed by atoms with van der Waals surface area (Å²) in [5.74, 6) is 6.07. The minimum Gasteiger partial charge on any atom is -0.487 e. The van der Waals surface area contributed by atoms with Crippen LogP contribution in [0.2, 0.25) is 0 Å². The van der Waals surface area contributed by atoms with Crippen molar-refractivity contribution in [2.75, 3.05) is 5.88 Å². The lowest BCUT2D eigenvalue weighted by Crippen LogP contribution is -2.03. The lowest BCUT2D eigenvalue weighted by Gasteiger charge is -2.07. The van der Waals surface area contributed by atoms with E-state index < -0.39 is 5.82 Å². The van der Waals surface area contributed by atoms with Gasteiger partial charge in [0.2, 0.25) is 0 Å². The summed E-state index contributed by atoms with van der Waals surface area (Å²) >= 11 is 5.52. The second kappa shape index (κ2) is 7.14. The van der Waals surface area contributed by atoms with E-state index in [2.05, 4.69) is 16.9 Å². The highest BCUT2D eigenvalue weighted by Gasteiger charge is 2.05. The van der Waals surface area contributed by atoms with Crippen molar-refractivity contribution in [3.05, 3.63) is 47.0 Å². The first-order valence-electron chi connectivity index (χ1n) is 6.57. The predicted molar refractivity (Wildman–Crippen MR) is 80.9 cm³/mol. The molecular formula is C16H16ClFN2O. The van der Waals surface area contributed by atoms with Crippen molar-refractivity contribution in [3.8, 4) is 17.6 Å². The van der Waals surface area contributed by atoms with E-state index in [1.165, 1.54) is 6.07 Å². The van der Waals surface area contributed by atoms with Crippen LogP contribution < -0.4 is 4.74 Å². The van der Waals surface area contributed by atoms with E-state index in [4.69, 9.17) is 16.3 Å². The van der Waals surface area contributed by atoms with Gasteiger partial charge in [-0.15, -0.1) is 11.6 Å². The smallest absolute Gasteiger partial charge is 0.142 e. The van der Waals surface area contributed by atoms with Gasteiger partial charge in [0.1, 0.15) is 18.2 Å². The Morgan fingerprint density at radius 1 is 1.38 bits per heavy atom. The second-order valence-corrected chi connectivity index (χ2v) is 4.95. The molecule has 2 rings (SSSR count). The van der Waals surface area contributed by atoms with Crippen molar-refractivity contribution in [1.82, 2.24) is 9.78 Å². The van der Waals surface area contributed by atoms with Gasteiger partial charge in [0.25, 0.3) is 0 Å². The lowest BCUT2D eigenvalue weighted by atomic mass is 10.2. The molecule has 1 aromatic carbocycles. The first-order chi connectivity index (χ1) is 10.1. The zero-order valence-corrected chi connectivity index (χ0v) is 12.7. The molecule has 1 heterocycles. The molecule has 0 amide bonds. The fraction of sp³-hybridized carbons (Fsp3) is 0.312. The molecule has 2 aromatic rings. The average molecular weight is 307 g/mol. The monoisotopic (exact) mass is 306 g/mol. The molecule has 0 unspecified atom stereocenters. The van der Waals surface area contributed by atoms with Crippen molar-refractivity contribution in [3.63, 3.8) is 0 Å². The van der Waals surface area contributed by atoms with Gasteiger partial charge in [-0.1, -0.05) is 11.8 Å². The Morgan fingerprint density at radius 3 is 2.81 bits per heavy atom. The van der Waals surface area contributed by atoms with Crippen LogP contribution >= 0.6 is 11.6 Å². The molecule has 0 radical (unpaired) electrons. The van der Waals surface area contributed by atoms with Crippen LogP contribution in [0, 0.1) is 24.6 Å². The quantitative estimate of drug-likeness (QED) is 0.639. The van der Waals surface area contributed by atoms with Crippen LogP contribution in [0.5, 0.6) is 5.75 Å². The Bertz CT molecular complexity index is 685. The predicted octanol–water partition coefficient (Wildman–Crippen LogP) is 3.43. The molecule has 0 aliphatic carbocycles. The van der Waals surface area contributed by atoms with Crippen molar-refractivity contribution >= 4 is 11.6 Å². The summed E-state index contributed by atoms with van der Waals surface area (Å²) in [4.78, 5) is 0. The fourth-order valence-electron chi connectivity index (χ4n) is 1.85. The topological polar surface area (TPSA) is 27.1 Å². The van der Waals surface area contributed by atoms with Gasteiger partial charge in [0.15, 0.2) is 0 Å². The van der Waals surface area contributed by atoms with Gasteiger partial charge in [-0.3, -0.25) is 4.68 Å². The lowest BCUT2D eigenvalue weighted by molar-refractivity contribution is 0.293. The van der Waals surface area contributed by atoms with Crippen LogP contribution in [-0.4, -0.2) is 15.7 Å². The minimum absolute atomic E-state index is 0.341. The number of halogens is 2. The highest BCUT2D eigenvalue weighted by molar-refractivity contribution is 6.18. The summed E-state index contributed by atoms with van der Waals surface area (Å²) in [7, 11) is 1.85. The highest BCUT2D eigenvalue weighted by Crippen LogP contribution is 2.17. The molecule has 0 N–H and O–H groups in total. The van der Waals surface area contributed by atoms with Crippen LogP contribution in [0.1, 0.15) is 23.4 Å². The SMILES string of the molecule is Cc1cc(COc2ccc(C#CCCCl)c(F)c2)n(C)n1. The fourth-order valence-corrected chi connectivity index (χ4v) is 1.94. The standard InChI is InChI=1S/C16H16ClFN2O/c1-12-9-14(20(2)19-12)11-21-15-7-6-13(16(18)10-15)5-3-4-8-17/h6-7,9-10H,4,8,11H2,1-2H3. The van der Waals surface area contributed by atoms with Crippen molar-refractivity contribution in [2.45, 2.75) is 20.0 Å². The molecule has 0 atom stereocenters. The molecule has 0 fully saturated rings. The van der Waals surface area contributed by atoms with Crippen LogP contribution in [0.4, 0.5) is 4.39 Å². The van der Waals surface area contributed by atoms with E-state index in [1.54, 1.807) is 16.8 Å². The molecule has 0 saturated heterocycles. The van der Waals surface area contributed by atoms with Gasteiger partial charge >= 0.3 is 0 Å². The molecule has 0 aliphatic heterocycles. The Labute approximate surface area is 128 Å². The summed E-state index contributed by atoms with van der Waals surface area (Å²) < 4.78 is 21.2. The summed E-state index contributed by atoms with van der Waals surface area (Å²) in [6.07, 6.45) is 0.541. The molecular weight excluding hydrogens is 291 g/mol. The van der Waals surface area contributed by atoms with Gasteiger partial charge in [-0.05, 0) is 25.1 Å². The van der Waals surface area contributed by atoms with Gasteiger partial charge in [-0.2, -0.15) is 5.10 Å². The summed E-state index contributed by atoms with van der Waals surface area (Å²) in [5.41, 5.74) is 2.20. The molecule has 0 spiro atoms. The summed E-state index contributed by atoms with van der Waals surface area (Å²) in [6.45, 7) is 2.26. The van der Waals surface area contributed by atoms with E-state index in [-0.39, 0.29) is 0 Å². The number of aromatic nitrogens is 2. The molecule has 21 heavy (non-hydrogen) atoms.